The molecule has 1 fully saturated rings. The molecule has 2 aromatic heterocycles. The van der Waals surface area contributed by atoms with Crippen molar-refractivity contribution in [2.45, 2.75) is 19.4 Å². The number of hydrogen-bond donors (Lipinski definition) is 2. The van der Waals surface area contributed by atoms with Crippen LogP contribution in [0.1, 0.15) is 13.8 Å². The van der Waals surface area contributed by atoms with E-state index in [1.807, 2.05) is 6.07 Å². The Bertz CT molecular complexity index is 695. The molecule has 0 saturated carbocycles. The molecule has 1 saturated heterocycles. The zero-order valence-electron chi connectivity index (χ0n) is 14.6. The number of carbonyl (C=O) groups is 1. The van der Waals surface area contributed by atoms with E-state index >= 15 is 0 Å². The number of rotatable bonds is 5. The molecule has 2 aromatic rings. The molecule has 8 heteroatoms. The number of amides is 2. The maximum atomic E-state index is 12.3. The molecule has 0 spiro atoms. The largest absolute Gasteiger partial charge is 0.379 e. The van der Waals surface area contributed by atoms with Crippen LogP contribution in [-0.4, -0.2) is 64.1 Å². The molecule has 1 aliphatic rings. The van der Waals surface area contributed by atoms with E-state index < -0.39 is 0 Å². The third-order valence-corrected chi connectivity index (χ3v) is 4.30. The van der Waals surface area contributed by atoms with Gasteiger partial charge in [-0.2, -0.15) is 5.10 Å². The van der Waals surface area contributed by atoms with Crippen LogP contribution in [0.15, 0.2) is 36.8 Å². The van der Waals surface area contributed by atoms with Crippen LogP contribution in [0.3, 0.4) is 0 Å². The molecule has 2 N–H and O–H groups in total. The van der Waals surface area contributed by atoms with Crippen LogP contribution >= 0.6 is 0 Å². The Morgan fingerprint density at radius 3 is 2.80 bits per heavy atom. The van der Waals surface area contributed by atoms with E-state index in [0.29, 0.717) is 18.1 Å². The first kappa shape index (κ1) is 17.4. The lowest BCUT2D eigenvalue weighted by Gasteiger charge is -2.40. The van der Waals surface area contributed by atoms with Crippen LogP contribution in [0, 0.1) is 0 Å². The van der Waals surface area contributed by atoms with Crippen molar-refractivity contribution in [1.29, 1.82) is 0 Å². The van der Waals surface area contributed by atoms with E-state index in [4.69, 9.17) is 4.74 Å². The van der Waals surface area contributed by atoms with Gasteiger partial charge in [-0.25, -0.2) is 14.5 Å². The summed E-state index contributed by atoms with van der Waals surface area (Å²) < 4.78 is 7.01. The highest BCUT2D eigenvalue weighted by molar-refractivity contribution is 5.91. The Morgan fingerprint density at radius 1 is 1.28 bits per heavy atom. The maximum absolute atomic E-state index is 12.3. The summed E-state index contributed by atoms with van der Waals surface area (Å²) in [4.78, 5) is 19.0. The SMILES string of the molecule is CC(C)(CNC(=O)Nc1cccnc1-n1cccn1)N1CCOCC1. The normalized spacial score (nSPS) is 15.8. The number of nitrogens with one attached hydrogen (secondary N) is 2. The highest BCUT2D eigenvalue weighted by atomic mass is 16.5. The van der Waals surface area contributed by atoms with Gasteiger partial charge >= 0.3 is 6.03 Å². The zero-order chi connectivity index (χ0) is 17.7. The third-order valence-electron chi connectivity index (χ3n) is 4.30. The van der Waals surface area contributed by atoms with Crippen molar-refractivity contribution < 1.29 is 9.53 Å². The van der Waals surface area contributed by atoms with Crippen molar-refractivity contribution in [3.63, 3.8) is 0 Å². The molecule has 0 aromatic carbocycles. The quantitative estimate of drug-likeness (QED) is 0.859. The van der Waals surface area contributed by atoms with Crippen molar-refractivity contribution in [3.05, 3.63) is 36.8 Å². The van der Waals surface area contributed by atoms with E-state index in [9.17, 15) is 4.79 Å². The average Bonchev–Trinajstić information content (AvgIpc) is 3.16. The lowest BCUT2D eigenvalue weighted by atomic mass is 10.0. The lowest BCUT2D eigenvalue weighted by Crippen LogP contribution is -2.55. The summed E-state index contributed by atoms with van der Waals surface area (Å²) in [5.41, 5.74) is 0.466. The molecule has 0 bridgehead atoms. The molecular formula is C17H24N6O2. The van der Waals surface area contributed by atoms with Gasteiger partial charge in [-0.05, 0) is 32.0 Å². The molecule has 0 aliphatic carbocycles. The Balaban J connectivity index is 1.60. The molecule has 3 heterocycles. The Kier molecular flexibility index (Phi) is 5.30. The monoisotopic (exact) mass is 344 g/mol. The molecule has 1 aliphatic heterocycles. The highest BCUT2D eigenvalue weighted by Gasteiger charge is 2.28. The number of urea groups is 1. The first-order valence-corrected chi connectivity index (χ1v) is 8.39. The minimum absolute atomic E-state index is 0.138. The number of carbonyl (C=O) groups excluding carboxylic acids is 1. The summed E-state index contributed by atoms with van der Waals surface area (Å²) in [6.07, 6.45) is 5.12. The van der Waals surface area contributed by atoms with Crippen LogP contribution in [0.5, 0.6) is 0 Å². The molecule has 2 amide bonds. The first-order valence-electron chi connectivity index (χ1n) is 8.39. The van der Waals surface area contributed by atoms with Crippen molar-refractivity contribution in [2.24, 2.45) is 0 Å². The summed E-state index contributed by atoms with van der Waals surface area (Å²) in [7, 11) is 0. The van der Waals surface area contributed by atoms with Gasteiger partial charge in [-0.3, -0.25) is 4.90 Å². The van der Waals surface area contributed by atoms with Crippen LogP contribution in [0.25, 0.3) is 5.82 Å². The number of morpholine rings is 1. The summed E-state index contributed by atoms with van der Waals surface area (Å²) in [5.74, 6) is 0.579. The highest BCUT2D eigenvalue weighted by Crippen LogP contribution is 2.17. The average molecular weight is 344 g/mol. The third kappa shape index (κ3) is 4.34. The first-order chi connectivity index (χ1) is 12.1. The summed E-state index contributed by atoms with van der Waals surface area (Å²) >= 11 is 0. The Labute approximate surface area is 147 Å². The van der Waals surface area contributed by atoms with Gasteiger partial charge in [-0.1, -0.05) is 0 Å². The Hall–Kier alpha value is -2.45. The summed E-state index contributed by atoms with van der Waals surface area (Å²) in [6.45, 7) is 8.01. The van der Waals surface area contributed by atoms with Gasteiger partial charge in [0, 0.05) is 43.8 Å². The second kappa shape index (κ2) is 7.62. The molecule has 8 nitrogen and oxygen atoms in total. The van der Waals surface area contributed by atoms with Crippen molar-refractivity contribution in [2.75, 3.05) is 38.2 Å². The summed E-state index contributed by atoms with van der Waals surface area (Å²) in [5, 5.41) is 9.97. The van der Waals surface area contributed by atoms with E-state index in [1.165, 1.54) is 0 Å². The Morgan fingerprint density at radius 2 is 2.08 bits per heavy atom. The van der Waals surface area contributed by atoms with Gasteiger partial charge in [0.25, 0.3) is 0 Å². The van der Waals surface area contributed by atoms with E-state index in [2.05, 4.69) is 39.5 Å². The van der Waals surface area contributed by atoms with Crippen LogP contribution in [0.4, 0.5) is 10.5 Å². The van der Waals surface area contributed by atoms with Gasteiger partial charge < -0.3 is 15.4 Å². The molecule has 0 atom stereocenters. The van der Waals surface area contributed by atoms with Crippen LogP contribution in [-0.2, 0) is 4.74 Å². The van der Waals surface area contributed by atoms with E-state index in [0.717, 1.165) is 26.3 Å². The molecule has 3 rings (SSSR count). The minimum atomic E-state index is -0.261. The zero-order valence-corrected chi connectivity index (χ0v) is 14.6. The van der Waals surface area contributed by atoms with Crippen LogP contribution < -0.4 is 10.6 Å². The fourth-order valence-corrected chi connectivity index (χ4v) is 2.81. The fraction of sp³-hybridized carbons (Fsp3) is 0.471. The van der Waals surface area contributed by atoms with Gasteiger partial charge in [0.05, 0.1) is 18.9 Å². The smallest absolute Gasteiger partial charge is 0.319 e. The standard InChI is InChI=1S/C17H24N6O2/c1-17(2,22-9-11-25-12-10-22)13-19-16(24)21-14-5-3-6-18-15(14)23-8-4-7-20-23/h3-8H,9-13H2,1-2H3,(H2,19,21,24). The van der Waals surface area contributed by atoms with Gasteiger partial charge in [0.15, 0.2) is 5.82 Å². The fourth-order valence-electron chi connectivity index (χ4n) is 2.81. The predicted molar refractivity (Wildman–Crippen MR) is 94.9 cm³/mol. The number of aromatic nitrogens is 3. The number of hydrogen-bond acceptors (Lipinski definition) is 5. The number of anilines is 1. The van der Waals surface area contributed by atoms with Crippen molar-refractivity contribution in [1.82, 2.24) is 25.0 Å². The van der Waals surface area contributed by atoms with Crippen LogP contribution in [0.2, 0.25) is 0 Å². The van der Waals surface area contributed by atoms with E-state index in [-0.39, 0.29) is 11.6 Å². The maximum Gasteiger partial charge on any atom is 0.319 e. The number of ether oxygens (including phenoxy) is 1. The summed E-state index contributed by atoms with van der Waals surface area (Å²) in [6, 6.07) is 5.13. The second-order valence-electron chi connectivity index (χ2n) is 6.54. The lowest BCUT2D eigenvalue weighted by molar-refractivity contribution is -0.00863. The molecule has 0 radical (unpaired) electrons. The topological polar surface area (TPSA) is 84.3 Å². The molecule has 0 unspecified atom stereocenters. The van der Waals surface area contributed by atoms with Crippen molar-refractivity contribution in [3.8, 4) is 5.82 Å². The van der Waals surface area contributed by atoms with Gasteiger partial charge in [0.1, 0.15) is 0 Å². The van der Waals surface area contributed by atoms with Gasteiger partial charge in [-0.15, -0.1) is 0 Å². The number of pyridine rings is 1. The molecule has 25 heavy (non-hydrogen) atoms. The number of nitrogens with zero attached hydrogens (tertiary/aromatic N) is 4. The molecule has 134 valence electrons. The predicted octanol–water partition coefficient (Wildman–Crippen LogP) is 1.50. The van der Waals surface area contributed by atoms with Crippen molar-refractivity contribution >= 4 is 11.7 Å². The molecular weight excluding hydrogens is 320 g/mol. The second-order valence-corrected chi connectivity index (χ2v) is 6.54. The van der Waals surface area contributed by atoms with Gasteiger partial charge in [0.2, 0.25) is 0 Å². The van der Waals surface area contributed by atoms with E-state index in [1.54, 1.807) is 35.4 Å². The minimum Gasteiger partial charge on any atom is -0.379 e.